The summed E-state index contributed by atoms with van der Waals surface area (Å²) in [7, 11) is 0. The summed E-state index contributed by atoms with van der Waals surface area (Å²) in [6.07, 6.45) is 0. The zero-order valence-corrected chi connectivity index (χ0v) is 35.2. The standard InChI is InChI=1S/C52H36O16/c53-29-9-25(10-30(54)17-29)21-65-49(61)41-5-1-37-38-2-6-43(51(63)67-23-27-13-33(57)19-34(58)14-27)48-44(52(64)68-24-28-15-35(59)20-36(60)16-28)8-4-40(46(38)48)39-3-7-42(47(41)45(37)39)50(62)66-22-26-11-31(55)18-32(56)12-26/h1-20,53-60H,21-24H2. The average molecular weight is 917 g/mol. The maximum Gasteiger partial charge on any atom is 0.339 e. The highest BCUT2D eigenvalue weighted by Crippen LogP contribution is 2.45. The Hall–Kier alpha value is -9.44. The van der Waals surface area contributed by atoms with Crippen molar-refractivity contribution in [2.24, 2.45) is 0 Å². The van der Waals surface area contributed by atoms with Crippen molar-refractivity contribution in [2.45, 2.75) is 26.4 Å². The Kier molecular flexibility index (Phi) is 11.3. The van der Waals surface area contributed by atoms with E-state index in [1.54, 1.807) is 24.3 Å². The molecule has 0 heterocycles. The molecule has 9 aromatic carbocycles. The van der Waals surface area contributed by atoms with Gasteiger partial charge in [-0.2, -0.15) is 0 Å². The number of hydrogen-bond donors (Lipinski definition) is 8. The van der Waals surface area contributed by atoms with Crippen molar-refractivity contribution in [3.63, 3.8) is 0 Å². The van der Waals surface area contributed by atoms with Gasteiger partial charge in [0.15, 0.2) is 0 Å². The predicted octanol–water partition coefficient (Wildman–Crippen LogP) is 8.81. The smallest absolute Gasteiger partial charge is 0.339 e. The van der Waals surface area contributed by atoms with Gasteiger partial charge in [-0.1, -0.05) is 24.3 Å². The largest absolute Gasteiger partial charge is 0.508 e. The first-order chi connectivity index (χ1) is 32.6. The molecule has 340 valence electrons. The summed E-state index contributed by atoms with van der Waals surface area (Å²) in [6, 6.07) is 27.0. The first-order valence-electron chi connectivity index (χ1n) is 20.6. The molecule has 0 atom stereocenters. The zero-order chi connectivity index (χ0) is 48.0. The number of rotatable bonds is 12. The Labute approximate surface area is 383 Å². The molecule has 0 fully saturated rings. The summed E-state index contributed by atoms with van der Waals surface area (Å²) < 4.78 is 22.7. The van der Waals surface area contributed by atoms with Crippen molar-refractivity contribution in [2.75, 3.05) is 0 Å². The van der Waals surface area contributed by atoms with E-state index in [0.717, 1.165) is 24.3 Å². The van der Waals surface area contributed by atoms with Gasteiger partial charge in [-0.05, 0) is 127 Å². The number of ether oxygens (including phenoxy) is 4. The lowest BCUT2D eigenvalue weighted by Gasteiger charge is -2.20. The fourth-order valence-corrected chi connectivity index (χ4v) is 8.43. The summed E-state index contributed by atoms with van der Waals surface area (Å²) in [5.74, 6) is -5.71. The van der Waals surface area contributed by atoms with Crippen LogP contribution in [-0.2, 0) is 45.4 Å². The monoisotopic (exact) mass is 916 g/mol. The third kappa shape index (κ3) is 8.59. The summed E-state index contributed by atoms with van der Waals surface area (Å²) in [6.45, 7) is -1.54. The van der Waals surface area contributed by atoms with E-state index in [-0.39, 0.29) is 128 Å². The van der Waals surface area contributed by atoms with Crippen molar-refractivity contribution in [3.8, 4) is 46.0 Å². The van der Waals surface area contributed by atoms with E-state index in [2.05, 4.69) is 0 Å². The van der Waals surface area contributed by atoms with Gasteiger partial charge in [0.25, 0.3) is 0 Å². The molecular weight excluding hydrogens is 881 g/mol. The van der Waals surface area contributed by atoms with E-state index in [1.807, 2.05) is 0 Å². The molecule has 0 saturated carbocycles. The molecule has 0 aliphatic rings. The molecule has 8 N–H and O–H groups in total. The predicted molar refractivity (Wildman–Crippen MR) is 243 cm³/mol. The van der Waals surface area contributed by atoms with Gasteiger partial charge in [0.1, 0.15) is 72.4 Å². The van der Waals surface area contributed by atoms with Crippen LogP contribution in [0, 0.1) is 0 Å². The van der Waals surface area contributed by atoms with E-state index in [1.165, 1.54) is 72.8 Å². The van der Waals surface area contributed by atoms with E-state index in [4.69, 9.17) is 18.9 Å². The Bertz CT molecular complexity index is 3010. The lowest BCUT2D eigenvalue weighted by atomic mass is 9.84. The highest BCUT2D eigenvalue weighted by Gasteiger charge is 2.28. The van der Waals surface area contributed by atoms with Crippen molar-refractivity contribution in [3.05, 3.63) is 166 Å². The first-order valence-corrected chi connectivity index (χ1v) is 20.6. The molecule has 9 rings (SSSR count). The van der Waals surface area contributed by atoms with Crippen molar-refractivity contribution in [1.82, 2.24) is 0 Å². The molecule has 0 spiro atoms. The van der Waals surface area contributed by atoms with Crippen LogP contribution < -0.4 is 0 Å². The number of carbonyl (C=O) groups is 4. The minimum atomic E-state index is -0.893. The van der Waals surface area contributed by atoms with Crippen LogP contribution in [0.5, 0.6) is 46.0 Å². The SMILES string of the molecule is O=C(OCc1cc(O)cc(O)c1)c1ccc2c3ccc(C(=O)OCc4cc(O)cc(O)c4)c4c(C(=O)OCc5cc(O)cc(O)c5)ccc(c5ccc(C(=O)OCc6cc(O)cc(O)c6)c1c25)c43. The molecule has 16 heteroatoms. The molecule has 68 heavy (non-hydrogen) atoms. The lowest BCUT2D eigenvalue weighted by molar-refractivity contribution is 0.0458. The topological polar surface area (TPSA) is 267 Å². The molecule has 0 aliphatic heterocycles. The molecule has 0 radical (unpaired) electrons. The minimum Gasteiger partial charge on any atom is -0.508 e. The van der Waals surface area contributed by atoms with Crippen LogP contribution in [0.25, 0.3) is 43.1 Å². The molecule has 0 aliphatic carbocycles. The van der Waals surface area contributed by atoms with E-state index in [9.17, 15) is 60.0 Å². The summed E-state index contributed by atoms with van der Waals surface area (Å²) >= 11 is 0. The Balaban J connectivity index is 1.21. The van der Waals surface area contributed by atoms with Gasteiger partial charge in [-0.15, -0.1) is 0 Å². The molecule has 9 aromatic rings. The number of phenols is 8. The van der Waals surface area contributed by atoms with Crippen LogP contribution in [0.3, 0.4) is 0 Å². The fourth-order valence-electron chi connectivity index (χ4n) is 8.43. The Morgan fingerprint density at radius 2 is 0.471 bits per heavy atom. The van der Waals surface area contributed by atoms with Gasteiger partial charge in [-0.3, -0.25) is 0 Å². The Morgan fingerprint density at radius 1 is 0.279 bits per heavy atom. The van der Waals surface area contributed by atoms with Crippen LogP contribution in [-0.4, -0.2) is 64.7 Å². The van der Waals surface area contributed by atoms with Crippen molar-refractivity contribution >= 4 is 67.0 Å². The second-order valence-electron chi connectivity index (χ2n) is 15.9. The lowest BCUT2D eigenvalue weighted by Crippen LogP contribution is -2.12. The van der Waals surface area contributed by atoms with E-state index >= 15 is 0 Å². The second-order valence-corrected chi connectivity index (χ2v) is 15.9. The quantitative estimate of drug-likeness (QED) is 0.0246. The van der Waals surface area contributed by atoms with Gasteiger partial charge >= 0.3 is 23.9 Å². The number of esters is 4. The van der Waals surface area contributed by atoms with Crippen LogP contribution in [0.4, 0.5) is 0 Å². The number of benzene rings is 9. The minimum absolute atomic E-state index is 0.0759. The molecule has 16 nitrogen and oxygen atoms in total. The third-order valence-electron chi connectivity index (χ3n) is 11.1. The van der Waals surface area contributed by atoms with Crippen LogP contribution in [0.15, 0.2) is 121 Å². The summed E-state index contributed by atoms with van der Waals surface area (Å²) in [5.41, 5.74) is 0.741. The van der Waals surface area contributed by atoms with Crippen LogP contribution in [0.2, 0.25) is 0 Å². The molecule has 0 saturated heterocycles. The van der Waals surface area contributed by atoms with Gasteiger partial charge in [0.05, 0.1) is 22.3 Å². The first kappa shape index (κ1) is 43.8. The van der Waals surface area contributed by atoms with Gasteiger partial charge < -0.3 is 59.8 Å². The number of phenolic OH excluding ortho intramolecular Hbond substituents is 8. The number of aromatic hydroxyl groups is 8. The molecule has 0 unspecified atom stereocenters. The van der Waals surface area contributed by atoms with Crippen molar-refractivity contribution < 1.29 is 79.0 Å². The highest BCUT2D eigenvalue weighted by atomic mass is 16.5. The summed E-state index contributed by atoms with van der Waals surface area (Å²) in [5, 5.41) is 83.0. The molecular formula is C52H36O16. The fraction of sp³-hybridized carbons (Fsp3) is 0.0769. The third-order valence-corrected chi connectivity index (χ3v) is 11.1. The number of carbonyl (C=O) groups excluding carboxylic acids is 4. The normalized spacial score (nSPS) is 11.3. The van der Waals surface area contributed by atoms with Crippen LogP contribution >= 0.6 is 0 Å². The second kappa shape index (κ2) is 17.5. The molecule has 0 bridgehead atoms. The maximum absolute atomic E-state index is 14.1. The average Bonchev–Trinajstić information content (AvgIpc) is 3.28. The zero-order valence-electron chi connectivity index (χ0n) is 35.2. The van der Waals surface area contributed by atoms with E-state index < -0.39 is 23.9 Å². The Morgan fingerprint density at radius 3 is 0.662 bits per heavy atom. The van der Waals surface area contributed by atoms with Gasteiger partial charge in [0.2, 0.25) is 0 Å². The number of fused-ring (bicyclic) bond motifs is 2. The van der Waals surface area contributed by atoms with Gasteiger partial charge in [0, 0.05) is 35.0 Å². The molecule has 0 aromatic heterocycles. The van der Waals surface area contributed by atoms with Crippen LogP contribution in [0.1, 0.15) is 63.7 Å². The van der Waals surface area contributed by atoms with Crippen molar-refractivity contribution in [1.29, 1.82) is 0 Å². The highest BCUT2D eigenvalue weighted by molar-refractivity contribution is 6.38. The maximum atomic E-state index is 14.1. The summed E-state index contributed by atoms with van der Waals surface area (Å²) in [4.78, 5) is 56.5. The number of hydrogen-bond acceptors (Lipinski definition) is 16. The molecule has 0 amide bonds. The van der Waals surface area contributed by atoms with Gasteiger partial charge in [-0.25, -0.2) is 19.2 Å². The van der Waals surface area contributed by atoms with E-state index in [0.29, 0.717) is 32.3 Å².